The molecule has 2 rings (SSSR count). The Morgan fingerprint density at radius 1 is 1.42 bits per heavy atom. The topological polar surface area (TPSA) is 40.5 Å². The minimum Gasteiger partial charge on any atom is -0.507 e. The molecular weight excluding hydrogens is 245 g/mol. The Morgan fingerprint density at radius 2 is 2.05 bits per heavy atom. The lowest BCUT2D eigenvalue weighted by Gasteiger charge is -2.39. The van der Waals surface area contributed by atoms with Crippen molar-refractivity contribution in [1.29, 1.82) is 0 Å². The molecule has 1 amide bonds. The monoisotopic (exact) mass is 265 g/mol. The first-order valence-corrected chi connectivity index (χ1v) is 6.73. The quantitative estimate of drug-likeness (QED) is 0.892. The minimum atomic E-state index is -0.658. The van der Waals surface area contributed by atoms with Gasteiger partial charge in [-0.2, -0.15) is 0 Å². The average Bonchev–Trinajstić information content (AvgIpc) is 2.39. The summed E-state index contributed by atoms with van der Waals surface area (Å²) in [5, 5.41) is 9.65. The maximum absolute atomic E-state index is 13.7. The number of phenolic OH excluding ortho intramolecular Hbond substituents is 1. The van der Waals surface area contributed by atoms with Crippen molar-refractivity contribution >= 4 is 5.91 Å². The van der Waals surface area contributed by atoms with Crippen molar-refractivity contribution < 1.29 is 14.3 Å². The number of phenols is 1. The summed E-state index contributed by atoms with van der Waals surface area (Å²) < 4.78 is 13.7. The number of hydrogen-bond donors (Lipinski definition) is 1. The molecule has 1 aromatic carbocycles. The summed E-state index contributed by atoms with van der Waals surface area (Å²) >= 11 is 0. The zero-order valence-electron chi connectivity index (χ0n) is 11.4. The van der Waals surface area contributed by atoms with E-state index < -0.39 is 11.7 Å². The van der Waals surface area contributed by atoms with Gasteiger partial charge in [-0.25, -0.2) is 4.39 Å². The molecule has 0 spiro atoms. The predicted molar refractivity (Wildman–Crippen MR) is 71.6 cm³/mol. The first kappa shape index (κ1) is 13.8. The Morgan fingerprint density at radius 3 is 2.58 bits per heavy atom. The van der Waals surface area contributed by atoms with E-state index in [2.05, 4.69) is 13.8 Å². The van der Waals surface area contributed by atoms with Gasteiger partial charge in [0.15, 0.2) is 0 Å². The van der Waals surface area contributed by atoms with Gasteiger partial charge >= 0.3 is 0 Å². The number of hydrogen-bond acceptors (Lipinski definition) is 2. The van der Waals surface area contributed by atoms with Crippen LogP contribution in [-0.2, 0) is 0 Å². The number of carbonyl (C=O) groups excluding carboxylic acids is 1. The average molecular weight is 265 g/mol. The van der Waals surface area contributed by atoms with E-state index in [1.165, 1.54) is 18.2 Å². The SMILES string of the molecule is CCC1(C)CCN(C(=O)c2c(O)cccc2F)CC1. The number of amides is 1. The summed E-state index contributed by atoms with van der Waals surface area (Å²) in [4.78, 5) is 13.9. The van der Waals surface area contributed by atoms with Gasteiger partial charge < -0.3 is 10.0 Å². The van der Waals surface area contributed by atoms with Crippen LogP contribution in [0.4, 0.5) is 4.39 Å². The summed E-state index contributed by atoms with van der Waals surface area (Å²) in [6, 6.07) is 3.94. The summed E-state index contributed by atoms with van der Waals surface area (Å²) in [7, 11) is 0. The van der Waals surface area contributed by atoms with Gasteiger partial charge in [0.05, 0.1) is 0 Å². The van der Waals surface area contributed by atoms with Crippen LogP contribution < -0.4 is 0 Å². The standard InChI is InChI=1S/C15H20FNO2/c1-3-15(2)7-9-17(10-8-15)14(19)13-11(16)5-4-6-12(13)18/h4-6,18H,3,7-10H2,1-2H3. The first-order valence-electron chi connectivity index (χ1n) is 6.73. The Balaban J connectivity index is 2.14. The molecule has 0 bridgehead atoms. The first-order chi connectivity index (χ1) is 8.97. The fourth-order valence-electron chi connectivity index (χ4n) is 2.49. The molecule has 19 heavy (non-hydrogen) atoms. The number of halogens is 1. The van der Waals surface area contributed by atoms with Crippen LogP contribution in [0.5, 0.6) is 5.75 Å². The van der Waals surface area contributed by atoms with Gasteiger partial charge in [-0.1, -0.05) is 26.3 Å². The molecular formula is C15H20FNO2. The molecule has 1 fully saturated rings. The predicted octanol–water partition coefficient (Wildman–Crippen LogP) is 3.18. The van der Waals surface area contributed by atoms with Crippen LogP contribution in [0.1, 0.15) is 43.5 Å². The number of rotatable bonds is 2. The maximum Gasteiger partial charge on any atom is 0.260 e. The minimum absolute atomic E-state index is 0.206. The van der Waals surface area contributed by atoms with Gasteiger partial charge in [0, 0.05) is 13.1 Å². The summed E-state index contributed by atoms with van der Waals surface area (Å²) in [6.07, 6.45) is 2.93. The second-order valence-electron chi connectivity index (χ2n) is 5.59. The highest BCUT2D eigenvalue weighted by Gasteiger charge is 2.32. The molecule has 0 radical (unpaired) electrons. The molecule has 0 aliphatic carbocycles. The maximum atomic E-state index is 13.7. The zero-order valence-corrected chi connectivity index (χ0v) is 11.4. The van der Waals surface area contributed by atoms with Crippen LogP contribution >= 0.6 is 0 Å². The molecule has 3 nitrogen and oxygen atoms in total. The third-order valence-electron chi connectivity index (χ3n) is 4.32. The zero-order chi connectivity index (χ0) is 14.0. The van der Waals surface area contributed by atoms with Crippen LogP contribution in [0.15, 0.2) is 18.2 Å². The van der Waals surface area contributed by atoms with Gasteiger partial charge in [0.25, 0.3) is 5.91 Å². The number of benzene rings is 1. The van der Waals surface area contributed by atoms with E-state index in [0.29, 0.717) is 13.1 Å². The molecule has 4 heteroatoms. The fourth-order valence-corrected chi connectivity index (χ4v) is 2.49. The Hall–Kier alpha value is -1.58. The molecule has 0 aromatic heterocycles. The lowest BCUT2D eigenvalue weighted by atomic mass is 9.78. The van der Waals surface area contributed by atoms with E-state index in [1.54, 1.807) is 4.90 Å². The molecule has 0 saturated carbocycles. The fraction of sp³-hybridized carbons (Fsp3) is 0.533. The van der Waals surface area contributed by atoms with E-state index in [-0.39, 0.29) is 16.7 Å². The highest BCUT2D eigenvalue weighted by atomic mass is 19.1. The molecule has 0 unspecified atom stereocenters. The van der Waals surface area contributed by atoms with Crippen LogP contribution in [0, 0.1) is 11.2 Å². The Kier molecular flexibility index (Phi) is 3.78. The number of nitrogens with zero attached hydrogens (tertiary/aromatic N) is 1. The Labute approximate surface area is 113 Å². The van der Waals surface area contributed by atoms with Gasteiger partial charge in [-0.05, 0) is 30.4 Å². The van der Waals surface area contributed by atoms with E-state index in [4.69, 9.17) is 0 Å². The van der Waals surface area contributed by atoms with Crippen molar-refractivity contribution in [3.63, 3.8) is 0 Å². The molecule has 1 saturated heterocycles. The van der Waals surface area contributed by atoms with Gasteiger partial charge in [0.1, 0.15) is 17.1 Å². The van der Waals surface area contributed by atoms with Crippen LogP contribution in [0.25, 0.3) is 0 Å². The van der Waals surface area contributed by atoms with E-state index in [1.807, 2.05) is 0 Å². The summed E-state index contributed by atoms with van der Waals surface area (Å²) in [5.74, 6) is -1.35. The normalized spacial score (nSPS) is 18.4. The lowest BCUT2D eigenvalue weighted by molar-refractivity contribution is 0.0593. The number of likely N-dealkylation sites (tertiary alicyclic amines) is 1. The van der Waals surface area contributed by atoms with Crippen LogP contribution in [0.2, 0.25) is 0 Å². The second kappa shape index (κ2) is 5.19. The van der Waals surface area contributed by atoms with Crippen molar-refractivity contribution in [2.75, 3.05) is 13.1 Å². The van der Waals surface area contributed by atoms with Gasteiger partial charge in [-0.15, -0.1) is 0 Å². The lowest BCUT2D eigenvalue weighted by Crippen LogP contribution is -2.42. The van der Waals surface area contributed by atoms with Crippen molar-refractivity contribution in [2.24, 2.45) is 5.41 Å². The second-order valence-corrected chi connectivity index (χ2v) is 5.59. The van der Waals surface area contributed by atoms with Gasteiger partial charge in [-0.3, -0.25) is 4.79 Å². The van der Waals surface area contributed by atoms with E-state index >= 15 is 0 Å². The summed E-state index contributed by atoms with van der Waals surface area (Å²) in [6.45, 7) is 5.61. The largest absolute Gasteiger partial charge is 0.507 e. The van der Waals surface area contributed by atoms with Crippen molar-refractivity contribution in [1.82, 2.24) is 4.90 Å². The highest BCUT2D eigenvalue weighted by molar-refractivity contribution is 5.97. The third-order valence-corrected chi connectivity index (χ3v) is 4.32. The smallest absolute Gasteiger partial charge is 0.260 e. The molecule has 1 aromatic rings. The van der Waals surface area contributed by atoms with E-state index in [0.717, 1.165) is 19.3 Å². The Bertz CT molecular complexity index is 459. The van der Waals surface area contributed by atoms with Crippen molar-refractivity contribution in [2.45, 2.75) is 33.1 Å². The third kappa shape index (κ3) is 2.72. The molecule has 1 aliphatic heterocycles. The van der Waals surface area contributed by atoms with Crippen LogP contribution in [-0.4, -0.2) is 29.0 Å². The number of carbonyl (C=O) groups is 1. The summed E-state index contributed by atoms with van der Waals surface area (Å²) in [5.41, 5.74) is 0.0660. The van der Waals surface area contributed by atoms with E-state index in [9.17, 15) is 14.3 Å². The number of aromatic hydroxyl groups is 1. The molecule has 1 heterocycles. The number of piperidine rings is 1. The van der Waals surface area contributed by atoms with Gasteiger partial charge in [0.2, 0.25) is 0 Å². The highest BCUT2D eigenvalue weighted by Crippen LogP contribution is 2.35. The molecule has 104 valence electrons. The van der Waals surface area contributed by atoms with Crippen molar-refractivity contribution in [3.8, 4) is 5.75 Å². The molecule has 1 aliphatic rings. The molecule has 1 N–H and O–H groups in total. The van der Waals surface area contributed by atoms with Crippen molar-refractivity contribution in [3.05, 3.63) is 29.6 Å². The molecule has 0 atom stereocenters. The van der Waals surface area contributed by atoms with Crippen LogP contribution in [0.3, 0.4) is 0 Å².